The zero-order valence-corrected chi connectivity index (χ0v) is 15.2. The summed E-state index contributed by atoms with van der Waals surface area (Å²) in [5.41, 5.74) is 1.22. The lowest BCUT2D eigenvalue weighted by Crippen LogP contribution is -2.44. The minimum Gasteiger partial charge on any atom is -0.508 e. The van der Waals surface area contributed by atoms with E-state index in [9.17, 15) is 28.2 Å². The quantitative estimate of drug-likeness (QED) is 0.640. The molecule has 28 heavy (non-hydrogen) atoms. The van der Waals surface area contributed by atoms with Gasteiger partial charge in [0.2, 0.25) is 5.91 Å². The van der Waals surface area contributed by atoms with E-state index in [1.54, 1.807) is 18.2 Å². The summed E-state index contributed by atoms with van der Waals surface area (Å²) in [4.78, 5) is 12.1. The van der Waals surface area contributed by atoms with Gasteiger partial charge in [-0.05, 0) is 48.7 Å². The second kappa shape index (κ2) is 9.45. The highest BCUT2D eigenvalue weighted by molar-refractivity contribution is 5.79. The third-order valence-corrected chi connectivity index (χ3v) is 4.03. The van der Waals surface area contributed by atoms with Crippen LogP contribution in [0.4, 0.5) is 13.2 Å². The average molecular weight is 397 g/mol. The maximum atomic E-state index is 13.3. The molecule has 0 aliphatic carbocycles. The van der Waals surface area contributed by atoms with Gasteiger partial charge < -0.3 is 20.3 Å². The van der Waals surface area contributed by atoms with Crippen LogP contribution >= 0.6 is 0 Å². The second-order valence-electron chi connectivity index (χ2n) is 6.49. The van der Waals surface area contributed by atoms with E-state index < -0.39 is 30.5 Å². The molecule has 0 saturated heterocycles. The largest absolute Gasteiger partial charge is 0.508 e. The molecule has 3 N–H and O–H groups in total. The Morgan fingerprint density at radius 2 is 1.86 bits per heavy atom. The number of carbonyl (C=O) groups is 1. The van der Waals surface area contributed by atoms with Crippen LogP contribution in [0.15, 0.2) is 48.5 Å². The van der Waals surface area contributed by atoms with Gasteiger partial charge in [0.15, 0.2) is 0 Å². The van der Waals surface area contributed by atoms with Crippen LogP contribution in [0.5, 0.6) is 11.5 Å². The highest BCUT2D eigenvalue weighted by Crippen LogP contribution is 2.30. The Morgan fingerprint density at radius 3 is 2.46 bits per heavy atom. The van der Waals surface area contributed by atoms with Gasteiger partial charge in [-0.2, -0.15) is 13.2 Å². The van der Waals surface area contributed by atoms with Crippen LogP contribution in [-0.2, 0) is 11.2 Å². The Morgan fingerprint density at radius 1 is 1.18 bits per heavy atom. The van der Waals surface area contributed by atoms with E-state index in [0.29, 0.717) is 5.75 Å². The number of alkyl halides is 3. The van der Waals surface area contributed by atoms with E-state index >= 15 is 0 Å². The molecule has 5 nitrogen and oxygen atoms in total. The van der Waals surface area contributed by atoms with E-state index in [0.717, 1.165) is 5.56 Å². The first-order chi connectivity index (χ1) is 13.1. The number of nitrogens with one attached hydrogen (secondary N) is 1. The van der Waals surface area contributed by atoms with E-state index in [-0.39, 0.29) is 24.5 Å². The predicted molar refractivity (Wildman–Crippen MR) is 97.0 cm³/mol. The van der Waals surface area contributed by atoms with Crippen LogP contribution in [0.2, 0.25) is 0 Å². The van der Waals surface area contributed by atoms with E-state index in [1.807, 2.05) is 13.0 Å². The number of aliphatic hydroxyl groups excluding tert-OH is 1. The SMILES string of the molecule is Cc1cccc(OCC(O)CNC(=O)C(Cc2ccc(O)cc2)C(F)(F)F)c1. The number of carbonyl (C=O) groups excluding carboxylic acids is 1. The molecule has 0 aliphatic heterocycles. The molecule has 0 aliphatic rings. The average Bonchev–Trinajstić information content (AvgIpc) is 2.63. The van der Waals surface area contributed by atoms with Gasteiger partial charge in [-0.3, -0.25) is 4.79 Å². The van der Waals surface area contributed by atoms with E-state index in [2.05, 4.69) is 5.32 Å². The molecular formula is C20H22F3NO4. The number of rotatable bonds is 8. The molecule has 2 aromatic rings. The monoisotopic (exact) mass is 397 g/mol. The van der Waals surface area contributed by atoms with Crippen molar-refractivity contribution < 1.29 is 32.9 Å². The van der Waals surface area contributed by atoms with Gasteiger partial charge in [-0.15, -0.1) is 0 Å². The minimum atomic E-state index is -4.75. The lowest BCUT2D eigenvalue weighted by Gasteiger charge is -2.21. The molecule has 152 valence electrons. The smallest absolute Gasteiger partial charge is 0.400 e. The van der Waals surface area contributed by atoms with Crippen LogP contribution in [0.25, 0.3) is 0 Å². The summed E-state index contributed by atoms with van der Waals surface area (Å²) in [6.45, 7) is 1.33. The highest BCUT2D eigenvalue weighted by atomic mass is 19.4. The molecule has 2 atom stereocenters. The van der Waals surface area contributed by atoms with Crippen molar-refractivity contribution in [1.29, 1.82) is 0 Å². The number of halogens is 3. The summed E-state index contributed by atoms with van der Waals surface area (Å²) in [5, 5.41) is 21.2. The maximum Gasteiger partial charge on any atom is 0.400 e. The number of hydrogen-bond donors (Lipinski definition) is 3. The Labute approximate surface area is 160 Å². The fourth-order valence-corrected chi connectivity index (χ4v) is 2.52. The number of aryl methyl sites for hydroxylation is 1. The molecule has 1 amide bonds. The van der Waals surface area contributed by atoms with Crippen LogP contribution in [0.3, 0.4) is 0 Å². The van der Waals surface area contributed by atoms with Crippen molar-refractivity contribution in [2.75, 3.05) is 13.2 Å². The third kappa shape index (κ3) is 6.77. The molecule has 2 rings (SSSR count). The zero-order chi connectivity index (χ0) is 20.7. The summed E-state index contributed by atoms with van der Waals surface area (Å²) >= 11 is 0. The van der Waals surface area contributed by atoms with Crippen molar-refractivity contribution in [2.24, 2.45) is 5.92 Å². The lowest BCUT2D eigenvalue weighted by molar-refractivity contribution is -0.182. The first-order valence-corrected chi connectivity index (χ1v) is 8.65. The molecule has 0 heterocycles. The molecule has 0 radical (unpaired) electrons. The topological polar surface area (TPSA) is 78.8 Å². The molecule has 0 spiro atoms. The normalized spacial score (nSPS) is 13.6. The van der Waals surface area contributed by atoms with Crippen molar-refractivity contribution in [3.8, 4) is 11.5 Å². The van der Waals surface area contributed by atoms with Gasteiger partial charge in [0.1, 0.15) is 30.1 Å². The molecule has 8 heteroatoms. The first kappa shape index (κ1) is 21.6. The Hall–Kier alpha value is -2.74. The second-order valence-corrected chi connectivity index (χ2v) is 6.49. The fourth-order valence-electron chi connectivity index (χ4n) is 2.52. The van der Waals surface area contributed by atoms with E-state index in [4.69, 9.17) is 4.74 Å². The number of ether oxygens (including phenoxy) is 1. The predicted octanol–water partition coefficient (Wildman–Crippen LogP) is 2.98. The van der Waals surface area contributed by atoms with Crippen LogP contribution < -0.4 is 10.1 Å². The van der Waals surface area contributed by atoms with E-state index in [1.165, 1.54) is 24.3 Å². The molecule has 0 fully saturated rings. The van der Waals surface area contributed by atoms with Crippen molar-refractivity contribution in [3.05, 3.63) is 59.7 Å². The van der Waals surface area contributed by atoms with Crippen LogP contribution in [-0.4, -0.2) is 41.6 Å². The zero-order valence-electron chi connectivity index (χ0n) is 15.2. The number of phenolic OH excluding ortho intramolecular Hbond substituents is 1. The first-order valence-electron chi connectivity index (χ1n) is 8.65. The van der Waals surface area contributed by atoms with Crippen molar-refractivity contribution in [3.63, 3.8) is 0 Å². The van der Waals surface area contributed by atoms with Gasteiger partial charge in [-0.25, -0.2) is 0 Å². The lowest BCUT2D eigenvalue weighted by atomic mass is 9.97. The molecule has 2 aromatic carbocycles. The number of aromatic hydroxyl groups is 1. The fraction of sp³-hybridized carbons (Fsp3) is 0.350. The Balaban J connectivity index is 1.89. The summed E-state index contributed by atoms with van der Waals surface area (Å²) in [5.74, 6) is -3.04. The number of benzene rings is 2. The molecule has 0 aromatic heterocycles. The summed E-state index contributed by atoms with van der Waals surface area (Å²) < 4.78 is 45.2. The minimum absolute atomic E-state index is 0.0755. The molecular weight excluding hydrogens is 375 g/mol. The molecule has 2 unspecified atom stereocenters. The third-order valence-electron chi connectivity index (χ3n) is 4.03. The van der Waals surface area contributed by atoms with Gasteiger partial charge in [-0.1, -0.05) is 24.3 Å². The number of hydrogen-bond acceptors (Lipinski definition) is 4. The van der Waals surface area contributed by atoms with Crippen LogP contribution in [0, 0.1) is 12.8 Å². The summed E-state index contributed by atoms with van der Waals surface area (Å²) in [6, 6.07) is 12.3. The standard InChI is InChI=1S/C20H22F3NO4/c1-13-3-2-4-17(9-13)28-12-16(26)11-24-19(27)18(20(21,22)23)10-14-5-7-15(25)8-6-14/h2-9,16,18,25-26H,10-12H2,1H3,(H,24,27). The van der Waals surface area contributed by atoms with Gasteiger partial charge in [0.25, 0.3) is 0 Å². The van der Waals surface area contributed by atoms with Crippen LogP contribution in [0.1, 0.15) is 11.1 Å². The Kier molecular flexibility index (Phi) is 7.28. The van der Waals surface area contributed by atoms with Crippen molar-refractivity contribution in [1.82, 2.24) is 5.32 Å². The molecule has 0 saturated carbocycles. The van der Waals surface area contributed by atoms with Gasteiger partial charge >= 0.3 is 6.18 Å². The summed E-state index contributed by atoms with van der Waals surface area (Å²) in [7, 11) is 0. The van der Waals surface area contributed by atoms with Gasteiger partial charge in [0.05, 0.1) is 0 Å². The number of aliphatic hydroxyl groups is 1. The number of phenols is 1. The molecule has 0 bridgehead atoms. The Bertz CT molecular complexity index is 778. The van der Waals surface area contributed by atoms with Gasteiger partial charge in [0, 0.05) is 6.54 Å². The highest BCUT2D eigenvalue weighted by Gasteiger charge is 2.44. The van der Waals surface area contributed by atoms with Crippen molar-refractivity contribution >= 4 is 5.91 Å². The maximum absolute atomic E-state index is 13.3. The number of amides is 1. The summed E-state index contributed by atoms with van der Waals surface area (Å²) in [6.07, 6.45) is -6.47. The van der Waals surface area contributed by atoms with Crippen molar-refractivity contribution in [2.45, 2.75) is 25.6 Å².